The SMILES string of the molecule is Cc1ccccc1C(C)NC(=O)CCc1cccs1. The number of carbonyl (C=O) groups excluding carboxylic acids is 1. The number of amides is 1. The van der Waals surface area contributed by atoms with Gasteiger partial charge in [0.15, 0.2) is 0 Å². The monoisotopic (exact) mass is 273 g/mol. The molecule has 3 heteroatoms. The fraction of sp³-hybridized carbons (Fsp3) is 0.312. The lowest BCUT2D eigenvalue weighted by molar-refractivity contribution is -0.121. The Balaban J connectivity index is 1.87. The quantitative estimate of drug-likeness (QED) is 0.880. The van der Waals surface area contributed by atoms with Gasteiger partial charge in [-0.2, -0.15) is 0 Å². The minimum absolute atomic E-state index is 0.0667. The summed E-state index contributed by atoms with van der Waals surface area (Å²) in [6.07, 6.45) is 1.38. The van der Waals surface area contributed by atoms with Crippen molar-refractivity contribution in [1.82, 2.24) is 5.32 Å². The zero-order valence-electron chi connectivity index (χ0n) is 11.3. The van der Waals surface area contributed by atoms with Crippen LogP contribution < -0.4 is 5.32 Å². The maximum Gasteiger partial charge on any atom is 0.220 e. The second kappa shape index (κ2) is 6.53. The molecule has 1 aromatic heterocycles. The van der Waals surface area contributed by atoms with Gasteiger partial charge in [0, 0.05) is 11.3 Å². The lowest BCUT2D eigenvalue weighted by Gasteiger charge is -2.16. The molecule has 1 aromatic carbocycles. The third-order valence-corrected chi connectivity index (χ3v) is 4.15. The molecule has 0 saturated carbocycles. The maximum atomic E-state index is 11.9. The van der Waals surface area contributed by atoms with E-state index in [2.05, 4.69) is 30.4 Å². The van der Waals surface area contributed by atoms with Gasteiger partial charge in [0.1, 0.15) is 0 Å². The summed E-state index contributed by atoms with van der Waals surface area (Å²) in [6.45, 7) is 4.11. The summed E-state index contributed by atoms with van der Waals surface area (Å²) >= 11 is 1.70. The van der Waals surface area contributed by atoms with Gasteiger partial charge in [0.2, 0.25) is 5.91 Å². The molecule has 0 aliphatic carbocycles. The van der Waals surface area contributed by atoms with Gasteiger partial charge >= 0.3 is 0 Å². The van der Waals surface area contributed by atoms with Crippen molar-refractivity contribution in [2.75, 3.05) is 0 Å². The molecule has 1 amide bonds. The van der Waals surface area contributed by atoms with Crippen molar-refractivity contribution in [3.05, 3.63) is 57.8 Å². The molecule has 0 radical (unpaired) electrons. The Bertz CT molecular complexity index is 533. The normalized spacial score (nSPS) is 12.1. The second-order valence-corrected chi connectivity index (χ2v) is 5.76. The van der Waals surface area contributed by atoms with E-state index >= 15 is 0 Å². The number of hydrogen-bond donors (Lipinski definition) is 1. The van der Waals surface area contributed by atoms with E-state index in [1.54, 1.807) is 11.3 Å². The Kier molecular flexibility index (Phi) is 4.74. The third-order valence-electron chi connectivity index (χ3n) is 3.21. The van der Waals surface area contributed by atoms with Crippen molar-refractivity contribution in [2.45, 2.75) is 32.7 Å². The van der Waals surface area contributed by atoms with Crippen LogP contribution in [0, 0.1) is 6.92 Å². The summed E-state index contributed by atoms with van der Waals surface area (Å²) in [6, 6.07) is 12.3. The minimum atomic E-state index is 0.0667. The highest BCUT2D eigenvalue weighted by atomic mass is 32.1. The minimum Gasteiger partial charge on any atom is -0.350 e. The molecule has 1 N–H and O–H groups in total. The van der Waals surface area contributed by atoms with Gasteiger partial charge in [-0.25, -0.2) is 0 Å². The first-order chi connectivity index (χ1) is 9.16. The number of nitrogens with one attached hydrogen (secondary N) is 1. The van der Waals surface area contributed by atoms with Gasteiger partial charge in [-0.1, -0.05) is 30.3 Å². The average Bonchev–Trinajstić information content (AvgIpc) is 2.90. The van der Waals surface area contributed by atoms with Crippen LogP contribution in [-0.2, 0) is 11.2 Å². The molecule has 2 nitrogen and oxygen atoms in total. The summed E-state index contributed by atoms with van der Waals surface area (Å²) in [7, 11) is 0. The smallest absolute Gasteiger partial charge is 0.220 e. The van der Waals surface area contributed by atoms with E-state index in [-0.39, 0.29) is 11.9 Å². The van der Waals surface area contributed by atoms with Crippen LogP contribution in [0.1, 0.15) is 35.4 Å². The zero-order chi connectivity index (χ0) is 13.7. The Morgan fingerprint density at radius 1 is 1.26 bits per heavy atom. The molecule has 0 spiro atoms. The molecule has 0 aliphatic heterocycles. The van der Waals surface area contributed by atoms with Crippen LogP contribution in [0.3, 0.4) is 0 Å². The molecule has 1 atom stereocenters. The zero-order valence-corrected chi connectivity index (χ0v) is 12.2. The van der Waals surface area contributed by atoms with Crippen molar-refractivity contribution in [3.8, 4) is 0 Å². The van der Waals surface area contributed by atoms with Crippen LogP contribution in [0.5, 0.6) is 0 Å². The van der Waals surface area contributed by atoms with Crippen molar-refractivity contribution >= 4 is 17.2 Å². The molecule has 1 heterocycles. The fourth-order valence-corrected chi connectivity index (χ4v) is 2.86. The van der Waals surface area contributed by atoms with E-state index in [9.17, 15) is 4.79 Å². The summed E-state index contributed by atoms with van der Waals surface area (Å²) in [4.78, 5) is 13.2. The molecule has 0 fully saturated rings. The summed E-state index contributed by atoms with van der Waals surface area (Å²) < 4.78 is 0. The molecular formula is C16H19NOS. The molecule has 0 bridgehead atoms. The number of benzene rings is 1. The van der Waals surface area contributed by atoms with E-state index in [1.165, 1.54) is 16.0 Å². The van der Waals surface area contributed by atoms with E-state index < -0.39 is 0 Å². The van der Waals surface area contributed by atoms with Crippen molar-refractivity contribution in [2.24, 2.45) is 0 Å². The Morgan fingerprint density at radius 3 is 2.74 bits per heavy atom. The number of carbonyl (C=O) groups is 1. The van der Waals surface area contributed by atoms with Crippen LogP contribution in [0.2, 0.25) is 0 Å². The molecular weight excluding hydrogens is 254 g/mol. The van der Waals surface area contributed by atoms with E-state index in [0.29, 0.717) is 6.42 Å². The average molecular weight is 273 g/mol. The second-order valence-electron chi connectivity index (χ2n) is 4.73. The topological polar surface area (TPSA) is 29.1 Å². The van der Waals surface area contributed by atoms with Crippen molar-refractivity contribution in [3.63, 3.8) is 0 Å². The van der Waals surface area contributed by atoms with E-state index in [1.807, 2.05) is 30.5 Å². The molecule has 2 rings (SSSR count). The van der Waals surface area contributed by atoms with Crippen LogP contribution in [0.25, 0.3) is 0 Å². The first-order valence-corrected chi connectivity index (χ1v) is 7.42. The van der Waals surface area contributed by atoms with Crippen LogP contribution in [-0.4, -0.2) is 5.91 Å². The van der Waals surface area contributed by atoms with Crippen LogP contribution in [0.4, 0.5) is 0 Å². The largest absolute Gasteiger partial charge is 0.350 e. The Hall–Kier alpha value is -1.61. The predicted octanol–water partition coefficient (Wildman–Crippen LogP) is 3.87. The molecule has 0 aliphatic rings. The van der Waals surface area contributed by atoms with Crippen molar-refractivity contribution < 1.29 is 4.79 Å². The van der Waals surface area contributed by atoms with Crippen LogP contribution in [0.15, 0.2) is 41.8 Å². The van der Waals surface area contributed by atoms with Gasteiger partial charge in [0.25, 0.3) is 0 Å². The predicted molar refractivity (Wildman–Crippen MR) is 80.4 cm³/mol. The number of hydrogen-bond acceptors (Lipinski definition) is 2. The fourth-order valence-electron chi connectivity index (χ4n) is 2.16. The summed E-state index contributed by atoms with van der Waals surface area (Å²) in [5.74, 6) is 0.115. The van der Waals surface area contributed by atoms with Gasteiger partial charge in [0.05, 0.1) is 6.04 Å². The summed E-state index contributed by atoms with van der Waals surface area (Å²) in [5, 5.41) is 5.11. The molecule has 0 saturated heterocycles. The highest BCUT2D eigenvalue weighted by Crippen LogP contribution is 2.17. The van der Waals surface area contributed by atoms with E-state index in [0.717, 1.165) is 6.42 Å². The highest BCUT2D eigenvalue weighted by molar-refractivity contribution is 7.09. The molecule has 2 aromatic rings. The van der Waals surface area contributed by atoms with Gasteiger partial charge in [-0.05, 0) is 42.8 Å². The van der Waals surface area contributed by atoms with Crippen molar-refractivity contribution in [1.29, 1.82) is 0 Å². The standard InChI is InChI=1S/C16H19NOS/c1-12-6-3-4-8-15(12)13(2)17-16(18)10-9-14-7-5-11-19-14/h3-8,11,13H,9-10H2,1-2H3,(H,17,18). The Morgan fingerprint density at radius 2 is 2.05 bits per heavy atom. The lowest BCUT2D eigenvalue weighted by Crippen LogP contribution is -2.27. The van der Waals surface area contributed by atoms with Crippen LogP contribution >= 0.6 is 11.3 Å². The molecule has 1 unspecified atom stereocenters. The molecule has 100 valence electrons. The van der Waals surface area contributed by atoms with Gasteiger partial charge in [-0.3, -0.25) is 4.79 Å². The van der Waals surface area contributed by atoms with Gasteiger partial charge < -0.3 is 5.32 Å². The number of thiophene rings is 1. The van der Waals surface area contributed by atoms with E-state index in [4.69, 9.17) is 0 Å². The Labute approximate surface area is 118 Å². The molecule has 19 heavy (non-hydrogen) atoms. The lowest BCUT2D eigenvalue weighted by atomic mass is 10.0. The maximum absolute atomic E-state index is 11.9. The first-order valence-electron chi connectivity index (χ1n) is 6.54. The van der Waals surface area contributed by atoms with Gasteiger partial charge in [-0.15, -0.1) is 11.3 Å². The highest BCUT2D eigenvalue weighted by Gasteiger charge is 2.11. The first kappa shape index (κ1) is 13.8. The number of rotatable bonds is 5. The third kappa shape index (κ3) is 3.93. The summed E-state index contributed by atoms with van der Waals surface area (Å²) in [5.41, 5.74) is 2.40. The number of aryl methyl sites for hydroxylation is 2.